The van der Waals surface area contributed by atoms with Crippen LogP contribution < -0.4 is 0 Å². The Hall–Kier alpha value is -0.0800. The average Bonchev–Trinajstić information content (AvgIpc) is 2.25. The Morgan fingerprint density at radius 2 is 1.61 bits per heavy atom. The minimum atomic E-state index is -0.0105. The van der Waals surface area contributed by atoms with Crippen LogP contribution in [0, 0.1) is 0 Å². The van der Waals surface area contributed by atoms with Crippen LogP contribution in [0.2, 0.25) is 0 Å². The number of ether oxygens (including phenoxy) is 2. The van der Waals surface area contributed by atoms with Gasteiger partial charge in [0.25, 0.3) is 0 Å². The predicted octanol–water partition coefficient (Wildman–Crippen LogP) is 5.06. The lowest BCUT2D eigenvalue weighted by Gasteiger charge is -2.39. The lowest BCUT2D eigenvalue weighted by Crippen LogP contribution is -2.42. The maximum Gasteiger partial charge on any atom is 0.158 e. The molecule has 0 bridgehead atoms. The Balaban J connectivity index is 2.04. The van der Waals surface area contributed by atoms with Crippen LogP contribution in [0.25, 0.3) is 0 Å². The third-order valence-corrected chi connectivity index (χ3v) is 3.66. The molecule has 0 amide bonds. The van der Waals surface area contributed by atoms with Gasteiger partial charge in [-0.05, 0) is 33.6 Å². The fraction of sp³-hybridized carbons (Fsp3) is 1.00. The second-order valence-corrected chi connectivity index (χ2v) is 6.37. The SMILES string of the molecule is CCCCCCCCC[C@@H]1O[C@@H](C)CC(C)(C)O1. The predicted molar refractivity (Wildman–Crippen MR) is 76.7 cm³/mol. The zero-order valence-corrected chi connectivity index (χ0v) is 12.8. The second kappa shape index (κ2) is 8.16. The zero-order valence-electron chi connectivity index (χ0n) is 12.8. The van der Waals surface area contributed by atoms with Gasteiger partial charge in [0.2, 0.25) is 0 Å². The highest BCUT2D eigenvalue weighted by atomic mass is 16.7. The molecule has 0 unspecified atom stereocenters. The van der Waals surface area contributed by atoms with E-state index < -0.39 is 0 Å². The highest BCUT2D eigenvalue weighted by Crippen LogP contribution is 2.29. The van der Waals surface area contributed by atoms with E-state index in [1.807, 2.05) is 0 Å². The first-order valence-electron chi connectivity index (χ1n) is 7.87. The molecule has 0 spiro atoms. The Labute approximate surface area is 113 Å². The molecule has 108 valence electrons. The molecule has 2 nitrogen and oxygen atoms in total. The molecule has 0 aliphatic carbocycles. The fourth-order valence-corrected chi connectivity index (χ4v) is 2.83. The molecule has 2 atom stereocenters. The summed E-state index contributed by atoms with van der Waals surface area (Å²) in [6.07, 6.45) is 11.9. The zero-order chi connectivity index (χ0) is 13.4. The van der Waals surface area contributed by atoms with Crippen molar-refractivity contribution >= 4 is 0 Å². The van der Waals surface area contributed by atoms with Crippen LogP contribution in [0.3, 0.4) is 0 Å². The van der Waals surface area contributed by atoms with Crippen molar-refractivity contribution in [3.8, 4) is 0 Å². The molecule has 1 saturated heterocycles. The molecule has 0 aromatic heterocycles. The standard InChI is InChI=1S/C16H32O2/c1-5-6-7-8-9-10-11-12-15-17-14(2)13-16(3,4)18-15/h14-15H,5-13H2,1-4H3/t14-,15+/m0/s1. The van der Waals surface area contributed by atoms with Gasteiger partial charge in [0.15, 0.2) is 6.29 Å². The molecule has 0 saturated carbocycles. The highest BCUT2D eigenvalue weighted by molar-refractivity contribution is 4.77. The van der Waals surface area contributed by atoms with Gasteiger partial charge in [0.1, 0.15) is 0 Å². The van der Waals surface area contributed by atoms with Gasteiger partial charge >= 0.3 is 0 Å². The molecule has 0 aromatic carbocycles. The summed E-state index contributed by atoms with van der Waals surface area (Å²) >= 11 is 0. The third kappa shape index (κ3) is 6.75. The summed E-state index contributed by atoms with van der Waals surface area (Å²) in [5.74, 6) is 0. The summed E-state index contributed by atoms with van der Waals surface area (Å²) in [6, 6.07) is 0. The fourth-order valence-electron chi connectivity index (χ4n) is 2.83. The summed E-state index contributed by atoms with van der Waals surface area (Å²) < 4.78 is 11.8. The van der Waals surface area contributed by atoms with Crippen LogP contribution >= 0.6 is 0 Å². The Morgan fingerprint density at radius 3 is 2.22 bits per heavy atom. The molecule has 0 radical (unpaired) electrons. The molecular formula is C16H32O2. The second-order valence-electron chi connectivity index (χ2n) is 6.37. The van der Waals surface area contributed by atoms with Gasteiger partial charge < -0.3 is 9.47 Å². The molecule has 18 heavy (non-hydrogen) atoms. The number of unbranched alkanes of at least 4 members (excludes halogenated alkanes) is 6. The minimum Gasteiger partial charge on any atom is -0.350 e. The lowest BCUT2D eigenvalue weighted by molar-refractivity contribution is -0.270. The van der Waals surface area contributed by atoms with E-state index in [1.54, 1.807) is 0 Å². The Kier molecular flexibility index (Phi) is 7.25. The van der Waals surface area contributed by atoms with Crippen molar-refractivity contribution in [1.29, 1.82) is 0 Å². The van der Waals surface area contributed by atoms with Crippen LogP contribution in [0.15, 0.2) is 0 Å². The molecule has 1 rings (SSSR count). The molecule has 1 fully saturated rings. The first kappa shape index (κ1) is 16.0. The molecular weight excluding hydrogens is 224 g/mol. The topological polar surface area (TPSA) is 18.5 Å². The third-order valence-electron chi connectivity index (χ3n) is 3.66. The van der Waals surface area contributed by atoms with Gasteiger partial charge in [0, 0.05) is 6.42 Å². The van der Waals surface area contributed by atoms with Crippen molar-refractivity contribution in [3.63, 3.8) is 0 Å². The van der Waals surface area contributed by atoms with Crippen LogP contribution in [-0.4, -0.2) is 18.0 Å². The first-order valence-corrected chi connectivity index (χ1v) is 7.87. The number of hydrogen-bond donors (Lipinski definition) is 0. The van der Waals surface area contributed by atoms with E-state index in [4.69, 9.17) is 9.47 Å². The average molecular weight is 256 g/mol. The smallest absolute Gasteiger partial charge is 0.158 e. The normalized spacial score (nSPS) is 27.3. The van der Waals surface area contributed by atoms with E-state index in [1.165, 1.54) is 44.9 Å². The van der Waals surface area contributed by atoms with Gasteiger partial charge in [-0.1, -0.05) is 45.4 Å². The van der Waals surface area contributed by atoms with Gasteiger partial charge in [-0.2, -0.15) is 0 Å². The summed E-state index contributed by atoms with van der Waals surface area (Å²) in [4.78, 5) is 0. The maximum atomic E-state index is 5.97. The van der Waals surface area contributed by atoms with E-state index in [9.17, 15) is 0 Å². The Bertz CT molecular complexity index is 213. The van der Waals surface area contributed by atoms with E-state index >= 15 is 0 Å². The molecule has 1 aliphatic rings. The lowest BCUT2D eigenvalue weighted by atomic mass is 9.99. The van der Waals surface area contributed by atoms with Crippen LogP contribution in [0.4, 0.5) is 0 Å². The summed E-state index contributed by atoms with van der Waals surface area (Å²) in [7, 11) is 0. The van der Waals surface area contributed by atoms with Gasteiger partial charge in [0.05, 0.1) is 11.7 Å². The number of rotatable bonds is 8. The summed E-state index contributed by atoms with van der Waals surface area (Å²) in [5, 5.41) is 0. The van der Waals surface area contributed by atoms with Gasteiger partial charge in [-0.15, -0.1) is 0 Å². The minimum absolute atomic E-state index is 0.0105. The largest absolute Gasteiger partial charge is 0.350 e. The van der Waals surface area contributed by atoms with Crippen LogP contribution in [-0.2, 0) is 9.47 Å². The van der Waals surface area contributed by atoms with Crippen molar-refractivity contribution in [2.75, 3.05) is 0 Å². The van der Waals surface area contributed by atoms with Gasteiger partial charge in [-0.25, -0.2) is 0 Å². The van der Waals surface area contributed by atoms with Crippen molar-refractivity contribution in [2.45, 2.75) is 103 Å². The summed E-state index contributed by atoms with van der Waals surface area (Å²) in [6.45, 7) is 8.76. The van der Waals surface area contributed by atoms with E-state index in [2.05, 4.69) is 27.7 Å². The molecule has 0 N–H and O–H groups in total. The van der Waals surface area contributed by atoms with E-state index in [0.717, 1.165) is 12.8 Å². The molecule has 1 heterocycles. The Morgan fingerprint density at radius 1 is 1.00 bits per heavy atom. The van der Waals surface area contributed by atoms with E-state index in [-0.39, 0.29) is 11.9 Å². The first-order chi connectivity index (χ1) is 8.53. The molecule has 2 heteroatoms. The van der Waals surface area contributed by atoms with Crippen molar-refractivity contribution in [2.24, 2.45) is 0 Å². The quantitative estimate of drug-likeness (QED) is 0.565. The molecule has 0 aromatic rings. The highest BCUT2D eigenvalue weighted by Gasteiger charge is 2.32. The van der Waals surface area contributed by atoms with Gasteiger partial charge in [-0.3, -0.25) is 0 Å². The van der Waals surface area contributed by atoms with Crippen molar-refractivity contribution in [3.05, 3.63) is 0 Å². The maximum absolute atomic E-state index is 5.97. The van der Waals surface area contributed by atoms with Crippen LogP contribution in [0.5, 0.6) is 0 Å². The van der Waals surface area contributed by atoms with Crippen LogP contribution in [0.1, 0.15) is 85.5 Å². The van der Waals surface area contributed by atoms with E-state index in [0.29, 0.717) is 6.10 Å². The van der Waals surface area contributed by atoms with Crippen molar-refractivity contribution in [1.82, 2.24) is 0 Å². The monoisotopic (exact) mass is 256 g/mol. The van der Waals surface area contributed by atoms with Crippen molar-refractivity contribution < 1.29 is 9.47 Å². The summed E-state index contributed by atoms with van der Waals surface area (Å²) in [5.41, 5.74) is -0.0105. The molecule has 1 aliphatic heterocycles. The number of hydrogen-bond acceptors (Lipinski definition) is 2.